The Morgan fingerprint density at radius 1 is 1.17 bits per heavy atom. The molecule has 0 amide bonds. The third kappa shape index (κ3) is 2.79. The number of carbonyl (C=O) groups excluding carboxylic acids is 1. The van der Waals surface area contributed by atoms with Gasteiger partial charge in [0.15, 0.2) is 5.78 Å². The maximum atomic E-state index is 12.3. The molecule has 0 bridgehead atoms. The van der Waals surface area contributed by atoms with Crippen LogP contribution in [-0.4, -0.2) is 5.78 Å². The van der Waals surface area contributed by atoms with Crippen molar-refractivity contribution in [1.82, 2.24) is 0 Å². The molecular weight excluding hydrogens is 222 g/mol. The van der Waals surface area contributed by atoms with Crippen molar-refractivity contribution < 1.29 is 4.79 Å². The summed E-state index contributed by atoms with van der Waals surface area (Å²) in [6, 6.07) is 7.93. The van der Waals surface area contributed by atoms with E-state index < -0.39 is 5.41 Å². The Kier molecular flexibility index (Phi) is 3.67. The topological polar surface area (TPSA) is 40.9 Å². The van der Waals surface area contributed by atoms with Crippen molar-refractivity contribution in [3.05, 3.63) is 34.9 Å². The van der Waals surface area contributed by atoms with Gasteiger partial charge in [0.1, 0.15) is 5.41 Å². The first kappa shape index (κ1) is 14.4. The molecule has 2 nitrogen and oxygen atoms in total. The normalized spacial score (nSPS) is 12.1. The Bertz CT molecular complexity index is 513. The van der Waals surface area contributed by atoms with E-state index in [1.54, 1.807) is 13.8 Å². The highest BCUT2D eigenvalue weighted by Crippen LogP contribution is 2.27. The molecule has 1 aromatic rings. The van der Waals surface area contributed by atoms with Crippen molar-refractivity contribution in [3.8, 4) is 6.07 Å². The molecule has 0 radical (unpaired) electrons. The fraction of sp³-hybridized carbons (Fsp3) is 0.500. The second-order valence-electron chi connectivity index (χ2n) is 6.35. The van der Waals surface area contributed by atoms with Crippen LogP contribution >= 0.6 is 0 Å². The Morgan fingerprint density at radius 3 is 2.11 bits per heavy atom. The molecule has 0 unspecified atom stereocenters. The van der Waals surface area contributed by atoms with Crippen LogP contribution in [-0.2, 0) is 5.41 Å². The quantitative estimate of drug-likeness (QED) is 0.736. The maximum absolute atomic E-state index is 12.3. The zero-order valence-corrected chi connectivity index (χ0v) is 12.1. The molecule has 96 valence electrons. The molecule has 0 spiro atoms. The molecule has 0 N–H and O–H groups in total. The van der Waals surface area contributed by atoms with Crippen molar-refractivity contribution in [2.75, 3.05) is 0 Å². The van der Waals surface area contributed by atoms with Crippen LogP contribution in [0.1, 0.15) is 56.1 Å². The summed E-state index contributed by atoms with van der Waals surface area (Å²) in [5, 5.41) is 9.03. The number of Topliss-reactive ketones (excluding diaryl/α,β-unsaturated/α-hetero) is 1. The van der Waals surface area contributed by atoms with Crippen molar-refractivity contribution in [2.24, 2.45) is 5.41 Å². The van der Waals surface area contributed by atoms with E-state index >= 15 is 0 Å². The number of rotatable bonds is 2. The molecule has 0 heterocycles. The molecule has 0 fully saturated rings. The minimum Gasteiger partial charge on any atom is -0.292 e. The third-order valence-electron chi connectivity index (χ3n) is 3.18. The molecule has 0 aliphatic carbocycles. The van der Waals surface area contributed by atoms with Gasteiger partial charge in [0.2, 0.25) is 0 Å². The summed E-state index contributed by atoms with van der Waals surface area (Å²) in [7, 11) is 0. The van der Waals surface area contributed by atoms with Crippen LogP contribution < -0.4 is 0 Å². The van der Waals surface area contributed by atoms with E-state index in [0.717, 1.165) is 5.56 Å². The van der Waals surface area contributed by atoms with Crippen LogP contribution in [0.3, 0.4) is 0 Å². The van der Waals surface area contributed by atoms with Gasteiger partial charge in [-0.2, -0.15) is 5.26 Å². The average Bonchev–Trinajstić information content (AvgIpc) is 2.26. The zero-order valence-electron chi connectivity index (χ0n) is 12.1. The van der Waals surface area contributed by atoms with Gasteiger partial charge in [0, 0.05) is 5.56 Å². The lowest BCUT2D eigenvalue weighted by molar-refractivity contribution is 0.0891. The molecule has 1 aromatic carbocycles. The summed E-state index contributed by atoms with van der Waals surface area (Å²) in [4.78, 5) is 12.3. The zero-order chi connectivity index (χ0) is 14.1. The predicted molar refractivity (Wildman–Crippen MR) is 73.6 cm³/mol. The van der Waals surface area contributed by atoms with Gasteiger partial charge < -0.3 is 0 Å². The SMILES string of the molecule is Cc1cc(C(C)(C)C)ccc1C(=O)C(C)(C)C#N. The molecular formula is C16H21NO. The van der Waals surface area contributed by atoms with Crippen LogP contribution in [0.2, 0.25) is 0 Å². The molecule has 0 saturated carbocycles. The highest BCUT2D eigenvalue weighted by molar-refractivity contribution is 6.02. The maximum Gasteiger partial charge on any atom is 0.182 e. The van der Waals surface area contributed by atoms with Gasteiger partial charge in [0.25, 0.3) is 0 Å². The van der Waals surface area contributed by atoms with Crippen molar-refractivity contribution >= 4 is 5.78 Å². The van der Waals surface area contributed by atoms with Crippen LogP contribution in [0.25, 0.3) is 0 Å². The minimum atomic E-state index is -0.964. The first-order valence-electron chi connectivity index (χ1n) is 6.17. The highest BCUT2D eigenvalue weighted by Gasteiger charge is 2.29. The first-order valence-corrected chi connectivity index (χ1v) is 6.17. The lowest BCUT2D eigenvalue weighted by Crippen LogP contribution is -2.23. The lowest BCUT2D eigenvalue weighted by atomic mass is 9.81. The number of hydrogen-bond donors (Lipinski definition) is 0. The lowest BCUT2D eigenvalue weighted by Gasteiger charge is -2.21. The number of benzene rings is 1. The standard InChI is InChI=1S/C16H21NO/c1-11-9-12(15(2,3)4)7-8-13(11)14(18)16(5,6)10-17/h7-9H,1-6H3. The van der Waals surface area contributed by atoms with Crippen LogP contribution in [0.4, 0.5) is 0 Å². The van der Waals surface area contributed by atoms with E-state index in [4.69, 9.17) is 5.26 Å². The number of nitriles is 1. The molecule has 0 aliphatic heterocycles. The molecule has 18 heavy (non-hydrogen) atoms. The summed E-state index contributed by atoms with van der Waals surface area (Å²) in [5.41, 5.74) is 1.89. The number of hydrogen-bond acceptors (Lipinski definition) is 2. The van der Waals surface area contributed by atoms with E-state index in [-0.39, 0.29) is 11.2 Å². The van der Waals surface area contributed by atoms with Crippen LogP contribution in [0.15, 0.2) is 18.2 Å². The molecule has 0 aliphatic rings. The summed E-state index contributed by atoms with van der Waals surface area (Å²) in [5.74, 6) is -0.108. The molecule has 2 heteroatoms. The van der Waals surface area contributed by atoms with E-state index in [1.807, 2.05) is 25.1 Å². The van der Waals surface area contributed by atoms with Crippen LogP contribution in [0, 0.1) is 23.7 Å². The largest absolute Gasteiger partial charge is 0.292 e. The summed E-state index contributed by atoms with van der Waals surface area (Å²) in [6.07, 6.45) is 0. The van der Waals surface area contributed by atoms with Gasteiger partial charge in [0.05, 0.1) is 6.07 Å². The van der Waals surface area contributed by atoms with Gasteiger partial charge in [-0.15, -0.1) is 0 Å². The Hall–Kier alpha value is -1.62. The molecule has 0 aromatic heterocycles. The third-order valence-corrected chi connectivity index (χ3v) is 3.18. The molecule has 0 atom stereocenters. The molecule has 0 saturated heterocycles. The summed E-state index contributed by atoms with van der Waals surface area (Å²) < 4.78 is 0. The smallest absolute Gasteiger partial charge is 0.182 e. The van der Waals surface area contributed by atoms with Crippen molar-refractivity contribution in [1.29, 1.82) is 5.26 Å². The van der Waals surface area contributed by atoms with Gasteiger partial charge in [-0.1, -0.05) is 39.0 Å². The Labute approximate surface area is 110 Å². The van der Waals surface area contributed by atoms with E-state index in [0.29, 0.717) is 5.56 Å². The van der Waals surface area contributed by atoms with Crippen LogP contribution in [0.5, 0.6) is 0 Å². The highest BCUT2D eigenvalue weighted by atomic mass is 16.1. The minimum absolute atomic E-state index is 0.0666. The second-order valence-corrected chi connectivity index (χ2v) is 6.35. The van der Waals surface area contributed by atoms with E-state index in [9.17, 15) is 4.79 Å². The number of aryl methyl sites for hydroxylation is 1. The number of carbonyl (C=O) groups is 1. The Morgan fingerprint density at radius 2 is 1.72 bits per heavy atom. The van der Waals surface area contributed by atoms with Gasteiger partial charge in [-0.05, 0) is 37.3 Å². The summed E-state index contributed by atoms with van der Waals surface area (Å²) >= 11 is 0. The fourth-order valence-electron chi connectivity index (χ4n) is 1.77. The molecule has 1 rings (SSSR count). The van der Waals surface area contributed by atoms with Crippen molar-refractivity contribution in [2.45, 2.75) is 47.0 Å². The monoisotopic (exact) mass is 243 g/mol. The average molecular weight is 243 g/mol. The van der Waals surface area contributed by atoms with Crippen molar-refractivity contribution in [3.63, 3.8) is 0 Å². The van der Waals surface area contributed by atoms with E-state index in [2.05, 4.69) is 26.8 Å². The fourth-order valence-corrected chi connectivity index (χ4v) is 1.77. The van der Waals surface area contributed by atoms with Gasteiger partial charge in [-0.3, -0.25) is 4.79 Å². The Balaban J connectivity index is 3.24. The number of nitrogens with zero attached hydrogens (tertiary/aromatic N) is 1. The second kappa shape index (κ2) is 4.57. The van der Waals surface area contributed by atoms with Gasteiger partial charge >= 0.3 is 0 Å². The number of ketones is 1. The first-order chi connectivity index (χ1) is 8.09. The predicted octanol–water partition coefficient (Wildman–Crippen LogP) is 4.03. The summed E-state index contributed by atoms with van der Waals surface area (Å²) in [6.45, 7) is 11.7. The van der Waals surface area contributed by atoms with E-state index in [1.165, 1.54) is 5.56 Å². The van der Waals surface area contributed by atoms with Gasteiger partial charge in [-0.25, -0.2) is 0 Å².